The summed E-state index contributed by atoms with van der Waals surface area (Å²) < 4.78 is 18.8. The molecule has 1 atom stereocenters. The Kier molecular flexibility index (Phi) is 5.70. The van der Waals surface area contributed by atoms with Crippen molar-refractivity contribution in [1.29, 1.82) is 0 Å². The minimum absolute atomic E-state index is 0.0171. The van der Waals surface area contributed by atoms with E-state index in [1.807, 2.05) is 19.1 Å². The number of carbonyl (C=O) groups is 1. The van der Waals surface area contributed by atoms with Crippen molar-refractivity contribution in [2.45, 2.75) is 33.3 Å². The minimum Gasteiger partial charge on any atom is -0.489 e. The Balaban J connectivity index is 2.04. The number of hydrogen-bond donors (Lipinski definition) is 0. The van der Waals surface area contributed by atoms with Gasteiger partial charge in [0.2, 0.25) is 0 Å². The number of halogens is 1. The highest BCUT2D eigenvalue weighted by Crippen LogP contribution is 2.19. The molecule has 0 radical (unpaired) electrons. The number of benzene rings is 2. The van der Waals surface area contributed by atoms with Crippen LogP contribution in [0.2, 0.25) is 0 Å². The number of ether oxygens (including phenoxy) is 1. The summed E-state index contributed by atoms with van der Waals surface area (Å²) in [6, 6.07) is 13.5. The lowest BCUT2D eigenvalue weighted by Crippen LogP contribution is -2.11. The van der Waals surface area contributed by atoms with Gasteiger partial charge in [-0.25, -0.2) is 4.39 Å². The Bertz CT molecular complexity index is 637. The zero-order chi connectivity index (χ0) is 15.9. The van der Waals surface area contributed by atoms with Crippen molar-refractivity contribution >= 4 is 5.78 Å². The molecule has 0 saturated carbocycles. The lowest BCUT2D eigenvalue weighted by molar-refractivity contribution is 0.0923. The molecule has 1 unspecified atom stereocenters. The van der Waals surface area contributed by atoms with Gasteiger partial charge in [0.1, 0.15) is 18.2 Å². The van der Waals surface area contributed by atoms with Crippen molar-refractivity contribution in [3.05, 3.63) is 65.5 Å². The van der Waals surface area contributed by atoms with Crippen molar-refractivity contribution in [2.75, 3.05) is 0 Å². The van der Waals surface area contributed by atoms with E-state index in [1.165, 1.54) is 12.1 Å². The molecule has 2 aromatic rings. The molecule has 22 heavy (non-hydrogen) atoms. The van der Waals surface area contributed by atoms with Crippen LogP contribution in [0.15, 0.2) is 48.5 Å². The van der Waals surface area contributed by atoms with Gasteiger partial charge >= 0.3 is 0 Å². The highest BCUT2D eigenvalue weighted by molar-refractivity contribution is 5.97. The van der Waals surface area contributed by atoms with Crippen LogP contribution in [0.5, 0.6) is 5.75 Å². The van der Waals surface area contributed by atoms with E-state index >= 15 is 0 Å². The van der Waals surface area contributed by atoms with Gasteiger partial charge < -0.3 is 4.74 Å². The Morgan fingerprint density at radius 1 is 1.18 bits per heavy atom. The van der Waals surface area contributed by atoms with Gasteiger partial charge in [-0.1, -0.05) is 44.5 Å². The summed E-state index contributed by atoms with van der Waals surface area (Å²) in [7, 11) is 0. The van der Waals surface area contributed by atoms with Gasteiger partial charge in [0, 0.05) is 11.5 Å². The van der Waals surface area contributed by atoms with Gasteiger partial charge in [-0.2, -0.15) is 0 Å². The molecule has 0 spiro atoms. The first kappa shape index (κ1) is 16.2. The molecule has 0 bridgehead atoms. The molecular weight excluding hydrogens is 279 g/mol. The third-order valence-electron chi connectivity index (χ3n) is 3.58. The summed E-state index contributed by atoms with van der Waals surface area (Å²) in [6.07, 6.45) is 1.87. The first-order chi connectivity index (χ1) is 10.6. The normalized spacial score (nSPS) is 12.0. The fourth-order valence-electron chi connectivity index (χ4n) is 2.38. The molecule has 0 amide bonds. The summed E-state index contributed by atoms with van der Waals surface area (Å²) in [5.74, 6) is 0.499. The Morgan fingerprint density at radius 3 is 2.68 bits per heavy atom. The summed E-state index contributed by atoms with van der Waals surface area (Å²) in [5.41, 5.74) is 1.42. The van der Waals surface area contributed by atoms with Gasteiger partial charge in [0.25, 0.3) is 0 Å². The highest BCUT2D eigenvalue weighted by atomic mass is 19.1. The molecule has 0 aromatic heterocycles. The van der Waals surface area contributed by atoms with Crippen molar-refractivity contribution in [3.63, 3.8) is 0 Å². The van der Waals surface area contributed by atoms with Crippen LogP contribution in [0.4, 0.5) is 4.39 Å². The van der Waals surface area contributed by atoms with Crippen LogP contribution in [0.3, 0.4) is 0 Å². The predicted octanol–water partition coefficient (Wildman–Crippen LogP) is 5.02. The molecule has 0 N–H and O–H groups in total. The first-order valence-electron chi connectivity index (χ1n) is 7.61. The van der Waals surface area contributed by atoms with Crippen LogP contribution < -0.4 is 4.74 Å². The van der Waals surface area contributed by atoms with Crippen molar-refractivity contribution in [3.8, 4) is 5.75 Å². The monoisotopic (exact) mass is 300 g/mol. The van der Waals surface area contributed by atoms with E-state index in [-0.39, 0.29) is 24.1 Å². The van der Waals surface area contributed by atoms with E-state index in [0.717, 1.165) is 18.4 Å². The molecule has 2 aromatic carbocycles. The molecule has 0 aliphatic rings. The van der Waals surface area contributed by atoms with E-state index in [9.17, 15) is 9.18 Å². The third kappa shape index (κ3) is 4.42. The maximum absolute atomic E-state index is 13.1. The zero-order valence-electron chi connectivity index (χ0n) is 13.0. The molecular formula is C19H21FO2. The molecule has 0 aliphatic carbocycles. The summed E-state index contributed by atoms with van der Waals surface area (Å²) in [6.45, 7) is 4.30. The van der Waals surface area contributed by atoms with Crippen molar-refractivity contribution < 1.29 is 13.9 Å². The predicted molar refractivity (Wildman–Crippen MR) is 85.6 cm³/mol. The first-order valence-corrected chi connectivity index (χ1v) is 7.61. The molecule has 2 nitrogen and oxygen atoms in total. The molecule has 0 aliphatic heterocycles. The molecule has 3 heteroatoms. The number of hydrogen-bond acceptors (Lipinski definition) is 2. The fraction of sp³-hybridized carbons (Fsp3) is 0.316. The van der Waals surface area contributed by atoms with Gasteiger partial charge in [0.15, 0.2) is 5.78 Å². The van der Waals surface area contributed by atoms with Gasteiger partial charge in [-0.3, -0.25) is 4.79 Å². The Labute approximate surface area is 130 Å². The van der Waals surface area contributed by atoms with Crippen molar-refractivity contribution in [1.82, 2.24) is 0 Å². The Morgan fingerprint density at radius 2 is 1.95 bits per heavy atom. The summed E-state index contributed by atoms with van der Waals surface area (Å²) in [5, 5.41) is 0. The van der Waals surface area contributed by atoms with E-state index in [2.05, 4.69) is 6.92 Å². The SMILES string of the molecule is CCCC(C)C(=O)c1cccc(OCc2cccc(F)c2)c1. The summed E-state index contributed by atoms with van der Waals surface area (Å²) >= 11 is 0. The second kappa shape index (κ2) is 7.74. The largest absolute Gasteiger partial charge is 0.489 e. The number of ketones is 1. The van der Waals surface area contributed by atoms with Crippen LogP contribution in [0.25, 0.3) is 0 Å². The van der Waals surface area contributed by atoms with Crippen LogP contribution >= 0.6 is 0 Å². The third-order valence-corrected chi connectivity index (χ3v) is 3.58. The van der Waals surface area contributed by atoms with Gasteiger partial charge in [-0.15, -0.1) is 0 Å². The van der Waals surface area contributed by atoms with E-state index < -0.39 is 0 Å². The average molecular weight is 300 g/mol. The number of carbonyl (C=O) groups excluding carboxylic acids is 1. The van der Waals surface area contributed by atoms with Gasteiger partial charge in [-0.05, 0) is 36.2 Å². The highest BCUT2D eigenvalue weighted by Gasteiger charge is 2.14. The second-order valence-electron chi connectivity index (χ2n) is 5.50. The minimum atomic E-state index is -0.279. The van der Waals surface area contributed by atoms with Gasteiger partial charge in [0.05, 0.1) is 0 Å². The molecule has 0 heterocycles. The second-order valence-corrected chi connectivity index (χ2v) is 5.50. The van der Waals surface area contributed by atoms with Crippen LogP contribution in [-0.4, -0.2) is 5.78 Å². The van der Waals surface area contributed by atoms with Crippen LogP contribution in [-0.2, 0) is 6.61 Å². The molecule has 0 fully saturated rings. The standard InChI is InChI=1S/C19H21FO2/c1-3-6-14(2)19(21)16-8-5-10-18(12-16)22-13-15-7-4-9-17(20)11-15/h4-5,7-12,14H,3,6,13H2,1-2H3. The average Bonchev–Trinajstić information content (AvgIpc) is 2.53. The zero-order valence-corrected chi connectivity index (χ0v) is 13.0. The Hall–Kier alpha value is -2.16. The molecule has 2 rings (SSSR count). The molecule has 116 valence electrons. The number of Topliss-reactive ketones (excluding diaryl/α,β-unsaturated/α-hetero) is 1. The number of rotatable bonds is 7. The summed E-state index contributed by atoms with van der Waals surface area (Å²) in [4.78, 5) is 12.3. The molecule has 0 saturated heterocycles. The van der Waals surface area contributed by atoms with E-state index in [0.29, 0.717) is 11.3 Å². The van der Waals surface area contributed by atoms with Crippen LogP contribution in [0.1, 0.15) is 42.6 Å². The fourth-order valence-corrected chi connectivity index (χ4v) is 2.38. The van der Waals surface area contributed by atoms with Crippen LogP contribution in [0, 0.1) is 11.7 Å². The smallest absolute Gasteiger partial charge is 0.165 e. The lowest BCUT2D eigenvalue weighted by atomic mass is 9.95. The lowest BCUT2D eigenvalue weighted by Gasteiger charge is -2.11. The topological polar surface area (TPSA) is 26.3 Å². The van der Waals surface area contributed by atoms with E-state index in [4.69, 9.17) is 4.74 Å². The quantitative estimate of drug-likeness (QED) is 0.671. The maximum atomic E-state index is 13.1. The van der Waals surface area contributed by atoms with Crippen molar-refractivity contribution in [2.24, 2.45) is 5.92 Å². The van der Waals surface area contributed by atoms with E-state index in [1.54, 1.807) is 24.3 Å². The maximum Gasteiger partial charge on any atom is 0.165 e.